The molecule has 0 radical (unpaired) electrons. The van der Waals surface area contributed by atoms with E-state index in [-0.39, 0.29) is 22.7 Å². The highest BCUT2D eigenvalue weighted by Gasteiger charge is 2.13. The van der Waals surface area contributed by atoms with Crippen LogP contribution in [-0.2, 0) is 4.79 Å². The number of carbonyl (C=O) groups excluding carboxylic acids is 2. The van der Waals surface area contributed by atoms with Gasteiger partial charge in [0.05, 0.1) is 5.75 Å². The number of halogens is 1. The first-order valence-corrected chi connectivity index (χ1v) is 8.72. The molecule has 0 saturated carbocycles. The third kappa shape index (κ3) is 6.54. The molecule has 7 nitrogen and oxygen atoms in total. The molecule has 0 saturated heterocycles. The average molecular weight is 366 g/mol. The Hall–Kier alpha value is -2.42. The van der Waals surface area contributed by atoms with E-state index in [1.165, 1.54) is 24.3 Å². The summed E-state index contributed by atoms with van der Waals surface area (Å²) >= 11 is 1.01. The lowest BCUT2D eigenvalue weighted by Gasteiger charge is -2.07. The number of aromatic nitrogens is 2. The average Bonchev–Trinajstić information content (AvgIpc) is 3.02. The standard InChI is InChI=1S/C16H19FN4O3S/c1-10(2)7-8-18-15(23)19-13(22)9-25-16-21-20-14(24-16)11-3-5-12(17)6-4-11/h3-6,10H,7-9H2,1-2H3,(H2,18,19,22,23). The molecule has 2 N–H and O–H groups in total. The largest absolute Gasteiger partial charge is 0.411 e. The maximum atomic E-state index is 12.9. The van der Waals surface area contributed by atoms with Crippen molar-refractivity contribution < 1.29 is 18.4 Å². The van der Waals surface area contributed by atoms with Gasteiger partial charge in [-0.15, -0.1) is 10.2 Å². The minimum atomic E-state index is -0.524. The molecule has 2 rings (SSSR count). The minimum Gasteiger partial charge on any atom is -0.411 e. The van der Waals surface area contributed by atoms with Gasteiger partial charge in [0.15, 0.2) is 0 Å². The summed E-state index contributed by atoms with van der Waals surface area (Å²) in [5.74, 6) is -0.161. The zero-order valence-electron chi connectivity index (χ0n) is 13.9. The zero-order valence-corrected chi connectivity index (χ0v) is 14.7. The van der Waals surface area contributed by atoms with Gasteiger partial charge in [-0.25, -0.2) is 9.18 Å². The van der Waals surface area contributed by atoms with E-state index in [1.54, 1.807) is 0 Å². The molecule has 134 valence electrons. The maximum absolute atomic E-state index is 12.9. The Labute approximate surface area is 148 Å². The van der Waals surface area contributed by atoms with Crippen LogP contribution < -0.4 is 10.6 Å². The number of urea groups is 1. The van der Waals surface area contributed by atoms with Crippen molar-refractivity contribution in [3.63, 3.8) is 0 Å². The van der Waals surface area contributed by atoms with Gasteiger partial charge in [-0.05, 0) is 36.6 Å². The molecule has 1 heterocycles. The Morgan fingerprint density at radius 3 is 2.64 bits per heavy atom. The van der Waals surface area contributed by atoms with E-state index in [4.69, 9.17) is 4.42 Å². The number of nitrogens with zero attached hydrogens (tertiary/aromatic N) is 2. The number of carbonyl (C=O) groups is 2. The van der Waals surface area contributed by atoms with Crippen molar-refractivity contribution in [1.82, 2.24) is 20.8 Å². The van der Waals surface area contributed by atoms with Crippen LogP contribution in [0.2, 0.25) is 0 Å². The summed E-state index contributed by atoms with van der Waals surface area (Å²) in [5, 5.41) is 12.7. The van der Waals surface area contributed by atoms with Gasteiger partial charge in [-0.3, -0.25) is 10.1 Å². The molecule has 25 heavy (non-hydrogen) atoms. The summed E-state index contributed by atoms with van der Waals surface area (Å²) < 4.78 is 18.3. The first-order chi connectivity index (χ1) is 11.9. The molecule has 3 amide bonds. The van der Waals surface area contributed by atoms with Crippen LogP contribution in [0.1, 0.15) is 20.3 Å². The molecular formula is C16H19FN4O3S. The van der Waals surface area contributed by atoms with Gasteiger partial charge in [0.2, 0.25) is 11.8 Å². The Bertz CT molecular complexity index is 718. The third-order valence-corrected chi connectivity index (χ3v) is 3.90. The van der Waals surface area contributed by atoms with E-state index in [0.717, 1.165) is 18.2 Å². The van der Waals surface area contributed by atoms with Gasteiger partial charge in [0.1, 0.15) is 5.82 Å². The van der Waals surface area contributed by atoms with Crippen LogP contribution in [0, 0.1) is 11.7 Å². The van der Waals surface area contributed by atoms with Gasteiger partial charge in [-0.2, -0.15) is 0 Å². The summed E-state index contributed by atoms with van der Waals surface area (Å²) in [6.07, 6.45) is 0.838. The van der Waals surface area contributed by atoms with E-state index in [9.17, 15) is 14.0 Å². The second kappa shape index (κ2) is 9.16. The quantitative estimate of drug-likeness (QED) is 0.732. The lowest BCUT2D eigenvalue weighted by Crippen LogP contribution is -2.40. The number of hydrogen-bond donors (Lipinski definition) is 2. The Balaban J connectivity index is 1.76. The number of hydrogen-bond acceptors (Lipinski definition) is 6. The molecule has 0 aliphatic carbocycles. The SMILES string of the molecule is CC(C)CCNC(=O)NC(=O)CSc1nnc(-c2ccc(F)cc2)o1. The fraction of sp³-hybridized carbons (Fsp3) is 0.375. The highest BCUT2D eigenvalue weighted by Crippen LogP contribution is 2.23. The Morgan fingerprint density at radius 2 is 1.96 bits per heavy atom. The maximum Gasteiger partial charge on any atom is 0.321 e. The van der Waals surface area contributed by atoms with Crippen molar-refractivity contribution in [2.24, 2.45) is 5.92 Å². The highest BCUT2D eigenvalue weighted by molar-refractivity contribution is 7.99. The van der Waals surface area contributed by atoms with Crippen LogP contribution in [0.15, 0.2) is 33.9 Å². The molecule has 0 spiro atoms. The Morgan fingerprint density at radius 1 is 1.24 bits per heavy atom. The molecule has 0 bridgehead atoms. The van der Waals surface area contributed by atoms with Crippen LogP contribution in [0.25, 0.3) is 11.5 Å². The van der Waals surface area contributed by atoms with Gasteiger partial charge < -0.3 is 9.73 Å². The van der Waals surface area contributed by atoms with E-state index >= 15 is 0 Å². The number of imide groups is 1. The highest BCUT2D eigenvalue weighted by atomic mass is 32.2. The van der Waals surface area contributed by atoms with Crippen molar-refractivity contribution in [1.29, 1.82) is 0 Å². The smallest absolute Gasteiger partial charge is 0.321 e. The molecule has 2 aromatic rings. The molecule has 1 aromatic carbocycles. The summed E-state index contributed by atoms with van der Waals surface area (Å²) in [6, 6.07) is 5.09. The van der Waals surface area contributed by atoms with Crippen LogP contribution >= 0.6 is 11.8 Å². The molecule has 9 heteroatoms. The van der Waals surface area contributed by atoms with Crippen molar-refractivity contribution >= 4 is 23.7 Å². The van der Waals surface area contributed by atoms with Crippen molar-refractivity contribution in [2.45, 2.75) is 25.5 Å². The molecular weight excluding hydrogens is 347 g/mol. The molecule has 0 aliphatic heterocycles. The summed E-state index contributed by atoms with van der Waals surface area (Å²) in [6.45, 7) is 4.60. The topological polar surface area (TPSA) is 97.1 Å². The summed E-state index contributed by atoms with van der Waals surface area (Å²) in [5.41, 5.74) is 0.578. The van der Waals surface area contributed by atoms with Crippen molar-refractivity contribution in [3.8, 4) is 11.5 Å². The third-order valence-electron chi connectivity index (χ3n) is 3.08. The van der Waals surface area contributed by atoms with Crippen LogP contribution in [-0.4, -0.2) is 34.4 Å². The molecule has 0 aliphatic rings. The number of benzene rings is 1. The summed E-state index contributed by atoms with van der Waals surface area (Å²) in [7, 11) is 0. The second-order valence-corrected chi connectivity index (χ2v) is 6.58. The minimum absolute atomic E-state index is 0.0390. The fourth-order valence-corrected chi connectivity index (χ4v) is 2.35. The monoisotopic (exact) mass is 366 g/mol. The van der Waals surface area contributed by atoms with Crippen molar-refractivity contribution in [2.75, 3.05) is 12.3 Å². The van der Waals surface area contributed by atoms with Gasteiger partial charge >= 0.3 is 6.03 Å². The lowest BCUT2D eigenvalue weighted by molar-refractivity contribution is -0.117. The normalized spacial score (nSPS) is 10.7. The van der Waals surface area contributed by atoms with Gasteiger partial charge in [0, 0.05) is 12.1 Å². The van der Waals surface area contributed by atoms with Gasteiger partial charge in [-0.1, -0.05) is 25.6 Å². The number of thioether (sulfide) groups is 1. The predicted octanol–water partition coefficient (Wildman–Crippen LogP) is 2.84. The second-order valence-electron chi connectivity index (χ2n) is 5.66. The molecule has 0 atom stereocenters. The zero-order chi connectivity index (χ0) is 18.2. The number of nitrogens with one attached hydrogen (secondary N) is 2. The predicted molar refractivity (Wildman–Crippen MR) is 91.4 cm³/mol. The first kappa shape index (κ1) is 18.9. The van der Waals surface area contributed by atoms with Crippen molar-refractivity contribution in [3.05, 3.63) is 30.1 Å². The number of amides is 3. The van der Waals surface area contributed by atoms with E-state index in [2.05, 4.69) is 20.8 Å². The van der Waals surface area contributed by atoms with Crippen LogP contribution in [0.3, 0.4) is 0 Å². The summed E-state index contributed by atoms with van der Waals surface area (Å²) in [4.78, 5) is 23.2. The molecule has 0 unspecified atom stereocenters. The van der Waals surface area contributed by atoms with E-state index in [1.807, 2.05) is 13.8 Å². The van der Waals surface area contributed by atoms with Crippen LogP contribution in [0.4, 0.5) is 9.18 Å². The Kier molecular flexibility index (Phi) is 6.93. The number of rotatable bonds is 7. The van der Waals surface area contributed by atoms with Crippen LogP contribution in [0.5, 0.6) is 0 Å². The fourth-order valence-electron chi connectivity index (χ4n) is 1.79. The molecule has 0 fully saturated rings. The van der Waals surface area contributed by atoms with E-state index < -0.39 is 11.9 Å². The van der Waals surface area contributed by atoms with Gasteiger partial charge in [0.25, 0.3) is 5.22 Å². The molecule has 1 aromatic heterocycles. The lowest BCUT2D eigenvalue weighted by atomic mass is 10.1. The first-order valence-electron chi connectivity index (χ1n) is 7.74. The van der Waals surface area contributed by atoms with E-state index in [0.29, 0.717) is 18.0 Å².